The average Bonchev–Trinajstić information content (AvgIpc) is 2.75. The molecule has 7 heteroatoms. The van der Waals surface area contributed by atoms with Gasteiger partial charge in [0.25, 0.3) is 5.91 Å². The number of carbonyl (C=O) groups is 1. The minimum Gasteiger partial charge on any atom is -0.404 e. The van der Waals surface area contributed by atoms with Crippen LogP contribution in [-0.2, 0) is 6.42 Å². The number of pyridine rings is 2. The lowest BCUT2D eigenvalue weighted by Gasteiger charge is -2.17. The standard InChI is InChI=1S/C23H26N6O/c1-15(2)29-22-19-11-17(18(12-24)13-25)3-4-21(19)28-14-20(22)23(30)27-10-7-16-5-8-26-9-6-16/h3-6,8-9,11-15,24H,7,10,25H2,1-2H3,(H,27,30)(H,28,29)/b18-13+,24-12?. The molecule has 0 aliphatic heterocycles. The Morgan fingerprint density at radius 2 is 2.00 bits per heavy atom. The van der Waals surface area contributed by atoms with Crippen LogP contribution in [0.25, 0.3) is 16.5 Å². The summed E-state index contributed by atoms with van der Waals surface area (Å²) in [6, 6.07) is 9.63. The molecule has 2 heterocycles. The minimum absolute atomic E-state index is 0.120. The summed E-state index contributed by atoms with van der Waals surface area (Å²) in [6.07, 6.45) is 8.41. The van der Waals surface area contributed by atoms with Crippen molar-refractivity contribution >= 4 is 34.3 Å². The second-order valence-electron chi connectivity index (χ2n) is 7.21. The zero-order chi connectivity index (χ0) is 21.5. The predicted molar refractivity (Wildman–Crippen MR) is 122 cm³/mol. The van der Waals surface area contributed by atoms with Crippen LogP contribution in [-0.4, -0.2) is 34.7 Å². The van der Waals surface area contributed by atoms with E-state index < -0.39 is 0 Å². The van der Waals surface area contributed by atoms with E-state index in [4.69, 9.17) is 11.1 Å². The van der Waals surface area contributed by atoms with Crippen molar-refractivity contribution in [2.75, 3.05) is 11.9 Å². The number of rotatable bonds is 8. The Labute approximate surface area is 175 Å². The normalized spacial score (nSPS) is 11.5. The fraction of sp³-hybridized carbons (Fsp3) is 0.217. The quantitative estimate of drug-likeness (QED) is 0.431. The molecule has 0 bridgehead atoms. The van der Waals surface area contributed by atoms with Gasteiger partial charge in [0.1, 0.15) is 0 Å². The largest absolute Gasteiger partial charge is 0.404 e. The van der Waals surface area contributed by atoms with E-state index in [-0.39, 0.29) is 11.9 Å². The van der Waals surface area contributed by atoms with E-state index in [1.807, 2.05) is 44.2 Å². The monoisotopic (exact) mass is 402 g/mol. The van der Waals surface area contributed by atoms with E-state index in [2.05, 4.69) is 20.6 Å². The lowest BCUT2D eigenvalue weighted by molar-refractivity contribution is 0.0954. The molecule has 7 nitrogen and oxygen atoms in total. The Kier molecular flexibility index (Phi) is 6.75. The van der Waals surface area contributed by atoms with Gasteiger partial charge in [-0.15, -0.1) is 0 Å². The Morgan fingerprint density at radius 3 is 2.67 bits per heavy atom. The summed E-state index contributed by atoms with van der Waals surface area (Å²) in [7, 11) is 0. The van der Waals surface area contributed by atoms with Crippen molar-refractivity contribution in [3.63, 3.8) is 0 Å². The molecule has 0 saturated carbocycles. The lowest BCUT2D eigenvalue weighted by Crippen LogP contribution is -2.27. The van der Waals surface area contributed by atoms with Crippen LogP contribution >= 0.6 is 0 Å². The van der Waals surface area contributed by atoms with Crippen LogP contribution in [0.2, 0.25) is 0 Å². The Bertz CT molecular complexity index is 1080. The fourth-order valence-corrected chi connectivity index (χ4v) is 3.18. The Balaban J connectivity index is 1.93. The topological polar surface area (TPSA) is 117 Å². The molecule has 2 aromatic heterocycles. The van der Waals surface area contributed by atoms with Gasteiger partial charge >= 0.3 is 0 Å². The predicted octanol–water partition coefficient (Wildman–Crippen LogP) is 3.37. The molecule has 0 radical (unpaired) electrons. The highest BCUT2D eigenvalue weighted by Gasteiger charge is 2.17. The van der Waals surface area contributed by atoms with Gasteiger partial charge in [-0.2, -0.15) is 0 Å². The van der Waals surface area contributed by atoms with Gasteiger partial charge in [-0.05, 0) is 55.7 Å². The van der Waals surface area contributed by atoms with Crippen molar-refractivity contribution in [2.24, 2.45) is 5.73 Å². The first-order valence-electron chi connectivity index (χ1n) is 9.82. The summed E-state index contributed by atoms with van der Waals surface area (Å²) in [6.45, 7) is 4.55. The molecule has 0 atom stereocenters. The lowest BCUT2D eigenvalue weighted by atomic mass is 10.0. The molecule has 0 fully saturated rings. The molecular weight excluding hydrogens is 376 g/mol. The molecule has 0 aliphatic rings. The maximum atomic E-state index is 12.9. The number of anilines is 1. The van der Waals surface area contributed by atoms with Crippen molar-refractivity contribution in [2.45, 2.75) is 26.3 Å². The minimum atomic E-state index is -0.186. The number of nitrogens with two attached hydrogens (primary N) is 1. The number of benzene rings is 1. The molecule has 5 N–H and O–H groups in total. The van der Waals surface area contributed by atoms with Gasteiger partial charge in [-0.1, -0.05) is 6.07 Å². The van der Waals surface area contributed by atoms with Crippen molar-refractivity contribution < 1.29 is 4.79 Å². The molecule has 0 unspecified atom stereocenters. The van der Waals surface area contributed by atoms with Crippen LogP contribution in [0.1, 0.15) is 35.3 Å². The van der Waals surface area contributed by atoms with E-state index in [9.17, 15) is 4.79 Å². The Hall–Kier alpha value is -3.74. The van der Waals surface area contributed by atoms with E-state index in [1.165, 1.54) is 12.4 Å². The van der Waals surface area contributed by atoms with E-state index in [0.29, 0.717) is 17.7 Å². The van der Waals surface area contributed by atoms with Gasteiger partial charge in [0.05, 0.1) is 16.8 Å². The molecular formula is C23H26N6O. The molecule has 1 amide bonds. The highest BCUT2D eigenvalue weighted by Crippen LogP contribution is 2.29. The highest BCUT2D eigenvalue weighted by atomic mass is 16.1. The molecule has 0 spiro atoms. The second-order valence-corrected chi connectivity index (χ2v) is 7.21. The molecule has 0 saturated heterocycles. The zero-order valence-corrected chi connectivity index (χ0v) is 17.1. The number of nitrogens with one attached hydrogen (secondary N) is 3. The number of nitrogens with zero attached hydrogens (tertiary/aromatic N) is 2. The molecule has 0 aliphatic carbocycles. The number of fused-ring (bicyclic) bond motifs is 1. The summed E-state index contributed by atoms with van der Waals surface area (Å²) in [5, 5.41) is 14.7. The first kappa shape index (κ1) is 21.0. The fourth-order valence-electron chi connectivity index (χ4n) is 3.18. The number of carbonyl (C=O) groups excluding carboxylic acids is 1. The van der Waals surface area contributed by atoms with Crippen molar-refractivity contribution in [3.8, 4) is 0 Å². The van der Waals surface area contributed by atoms with Crippen LogP contribution < -0.4 is 16.4 Å². The molecule has 154 valence electrons. The van der Waals surface area contributed by atoms with Crippen molar-refractivity contribution in [3.05, 3.63) is 71.8 Å². The van der Waals surface area contributed by atoms with Gasteiger partial charge in [-0.3, -0.25) is 14.8 Å². The van der Waals surface area contributed by atoms with Crippen molar-refractivity contribution in [1.82, 2.24) is 15.3 Å². The smallest absolute Gasteiger partial charge is 0.254 e. The third kappa shape index (κ3) is 4.81. The first-order valence-corrected chi connectivity index (χ1v) is 9.82. The summed E-state index contributed by atoms with van der Waals surface area (Å²) >= 11 is 0. The molecule has 1 aromatic carbocycles. The van der Waals surface area contributed by atoms with Gasteiger partial charge in [0, 0.05) is 54.6 Å². The first-order chi connectivity index (χ1) is 14.5. The molecule has 30 heavy (non-hydrogen) atoms. The number of amides is 1. The number of allylic oxidation sites excluding steroid dienone is 1. The highest BCUT2D eigenvalue weighted by molar-refractivity contribution is 6.11. The summed E-state index contributed by atoms with van der Waals surface area (Å²) in [5.74, 6) is -0.186. The number of hydrogen-bond acceptors (Lipinski definition) is 6. The molecule has 3 aromatic rings. The summed E-state index contributed by atoms with van der Waals surface area (Å²) in [4.78, 5) is 21.4. The molecule has 3 rings (SSSR count). The van der Waals surface area contributed by atoms with Crippen LogP contribution in [0.4, 0.5) is 5.69 Å². The summed E-state index contributed by atoms with van der Waals surface area (Å²) in [5.41, 5.74) is 10.1. The SMILES string of the molecule is CC(C)Nc1c(C(=O)NCCc2ccncc2)cnc2ccc(/C(C=N)=C/N)cc12. The van der Waals surface area contributed by atoms with E-state index in [0.717, 1.165) is 34.1 Å². The number of aromatic nitrogens is 2. The van der Waals surface area contributed by atoms with Crippen LogP contribution in [0, 0.1) is 5.41 Å². The van der Waals surface area contributed by atoms with Crippen LogP contribution in [0.3, 0.4) is 0 Å². The van der Waals surface area contributed by atoms with Crippen LogP contribution in [0.5, 0.6) is 0 Å². The maximum absolute atomic E-state index is 12.9. The van der Waals surface area contributed by atoms with Gasteiger partial charge in [-0.25, -0.2) is 0 Å². The van der Waals surface area contributed by atoms with Crippen molar-refractivity contribution in [1.29, 1.82) is 5.41 Å². The van der Waals surface area contributed by atoms with Gasteiger partial charge in [0.15, 0.2) is 0 Å². The average molecular weight is 403 g/mol. The maximum Gasteiger partial charge on any atom is 0.254 e. The van der Waals surface area contributed by atoms with Gasteiger partial charge in [0.2, 0.25) is 0 Å². The van der Waals surface area contributed by atoms with Crippen LogP contribution in [0.15, 0.2) is 55.1 Å². The number of hydrogen-bond donors (Lipinski definition) is 4. The third-order valence-electron chi connectivity index (χ3n) is 4.66. The van der Waals surface area contributed by atoms with E-state index in [1.54, 1.807) is 18.6 Å². The summed E-state index contributed by atoms with van der Waals surface area (Å²) < 4.78 is 0. The second kappa shape index (κ2) is 9.65. The zero-order valence-electron chi connectivity index (χ0n) is 17.1. The van der Waals surface area contributed by atoms with E-state index >= 15 is 0 Å². The Morgan fingerprint density at radius 1 is 1.23 bits per heavy atom. The third-order valence-corrected chi connectivity index (χ3v) is 4.66. The van der Waals surface area contributed by atoms with Gasteiger partial charge < -0.3 is 21.8 Å².